The summed E-state index contributed by atoms with van der Waals surface area (Å²) in [6.45, 7) is 6.12. The Hall–Kier alpha value is -3.11. The maximum absolute atomic E-state index is 12.6. The van der Waals surface area contributed by atoms with E-state index in [0.29, 0.717) is 29.4 Å². The SMILES string of the molecule is C=Cc1ccc(COc2ccc3c(c2C)O/C(=C\c2cccs2)C3=O)cc1. The van der Waals surface area contributed by atoms with Gasteiger partial charge >= 0.3 is 0 Å². The van der Waals surface area contributed by atoms with Crippen molar-refractivity contribution in [3.8, 4) is 11.5 Å². The van der Waals surface area contributed by atoms with E-state index < -0.39 is 0 Å². The molecule has 3 nitrogen and oxygen atoms in total. The zero-order chi connectivity index (χ0) is 18.8. The lowest BCUT2D eigenvalue weighted by molar-refractivity contribution is 0.101. The van der Waals surface area contributed by atoms with Gasteiger partial charge in [0.15, 0.2) is 5.76 Å². The van der Waals surface area contributed by atoms with Crippen molar-refractivity contribution in [2.45, 2.75) is 13.5 Å². The maximum Gasteiger partial charge on any atom is 0.232 e. The van der Waals surface area contributed by atoms with Gasteiger partial charge in [-0.3, -0.25) is 4.79 Å². The third-order valence-corrected chi connectivity index (χ3v) is 5.28. The van der Waals surface area contributed by atoms with Crippen LogP contribution in [0, 0.1) is 6.92 Å². The zero-order valence-electron chi connectivity index (χ0n) is 14.9. The molecular formula is C23H18O3S. The fourth-order valence-corrected chi connectivity index (χ4v) is 3.58. The summed E-state index contributed by atoms with van der Waals surface area (Å²) in [7, 11) is 0. The van der Waals surface area contributed by atoms with E-state index in [4.69, 9.17) is 9.47 Å². The van der Waals surface area contributed by atoms with E-state index in [1.165, 1.54) is 0 Å². The molecule has 27 heavy (non-hydrogen) atoms. The number of carbonyl (C=O) groups excluding carboxylic acids is 1. The van der Waals surface area contributed by atoms with Gasteiger partial charge < -0.3 is 9.47 Å². The minimum atomic E-state index is -0.0898. The first-order valence-corrected chi connectivity index (χ1v) is 9.49. The number of ketones is 1. The van der Waals surface area contributed by atoms with Crippen LogP contribution in [-0.4, -0.2) is 5.78 Å². The molecule has 2 aromatic carbocycles. The molecular weight excluding hydrogens is 356 g/mol. The lowest BCUT2D eigenvalue weighted by Gasteiger charge is -2.11. The van der Waals surface area contributed by atoms with E-state index in [1.54, 1.807) is 23.5 Å². The molecule has 0 saturated carbocycles. The average molecular weight is 374 g/mol. The number of fused-ring (bicyclic) bond motifs is 1. The summed E-state index contributed by atoms with van der Waals surface area (Å²) in [6.07, 6.45) is 3.60. The number of benzene rings is 2. The van der Waals surface area contributed by atoms with Crippen molar-refractivity contribution in [1.82, 2.24) is 0 Å². The smallest absolute Gasteiger partial charge is 0.232 e. The van der Waals surface area contributed by atoms with Gasteiger partial charge in [-0.2, -0.15) is 0 Å². The van der Waals surface area contributed by atoms with Crippen molar-refractivity contribution in [3.05, 3.63) is 93.4 Å². The van der Waals surface area contributed by atoms with Crippen LogP contribution in [0.25, 0.3) is 12.2 Å². The molecule has 1 aliphatic rings. The van der Waals surface area contributed by atoms with Gasteiger partial charge in [0.1, 0.15) is 18.1 Å². The van der Waals surface area contributed by atoms with Crippen LogP contribution in [0.5, 0.6) is 11.5 Å². The standard InChI is InChI=1S/C23H18O3S/c1-3-16-6-8-17(9-7-16)14-25-20-11-10-19-22(24)21(26-23(19)15(20)2)13-18-5-4-12-27-18/h3-13H,1,14H2,2H3/b21-13-. The maximum atomic E-state index is 12.6. The number of hydrogen-bond acceptors (Lipinski definition) is 4. The average Bonchev–Trinajstić information content (AvgIpc) is 3.31. The molecule has 0 amide bonds. The molecule has 1 aliphatic heterocycles. The normalized spacial score (nSPS) is 14.1. The number of ether oxygens (including phenoxy) is 2. The van der Waals surface area contributed by atoms with Crippen LogP contribution in [0.3, 0.4) is 0 Å². The number of thiophene rings is 1. The van der Waals surface area contributed by atoms with E-state index in [2.05, 4.69) is 6.58 Å². The van der Waals surface area contributed by atoms with E-state index in [0.717, 1.165) is 21.6 Å². The predicted molar refractivity (Wildman–Crippen MR) is 109 cm³/mol. The number of carbonyl (C=O) groups is 1. The summed E-state index contributed by atoms with van der Waals surface area (Å²) < 4.78 is 11.8. The molecule has 0 radical (unpaired) electrons. The fourth-order valence-electron chi connectivity index (χ4n) is 2.94. The predicted octanol–water partition coefficient (Wildman–Crippen LogP) is 5.89. The van der Waals surface area contributed by atoms with Crippen LogP contribution in [-0.2, 0) is 6.61 Å². The van der Waals surface area contributed by atoms with Crippen LogP contribution in [0.15, 0.2) is 66.2 Å². The Morgan fingerprint density at radius 3 is 2.67 bits per heavy atom. The Labute approximate surface area is 162 Å². The number of rotatable bonds is 5. The van der Waals surface area contributed by atoms with Gasteiger partial charge in [0, 0.05) is 16.5 Å². The first-order valence-electron chi connectivity index (χ1n) is 8.61. The number of Topliss-reactive ketones (excluding diaryl/α,β-unsaturated/α-hetero) is 1. The molecule has 0 unspecified atom stereocenters. The van der Waals surface area contributed by atoms with Gasteiger partial charge in [-0.15, -0.1) is 11.3 Å². The Morgan fingerprint density at radius 1 is 1.15 bits per heavy atom. The van der Waals surface area contributed by atoms with Gasteiger partial charge in [-0.25, -0.2) is 0 Å². The molecule has 2 heterocycles. The Kier molecular flexibility index (Phi) is 4.65. The van der Waals surface area contributed by atoms with Gasteiger partial charge in [0.05, 0.1) is 5.56 Å². The summed E-state index contributed by atoms with van der Waals surface area (Å²) in [5, 5.41) is 1.97. The first kappa shape index (κ1) is 17.3. The zero-order valence-corrected chi connectivity index (χ0v) is 15.7. The quantitative estimate of drug-likeness (QED) is 0.522. The molecule has 4 heteroatoms. The topological polar surface area (TPSA) is 35.5 Å². The van der Waals surface area contributed by atoms with Crippen LogP contribution < -0.4 is 9.47 Å². The van der Waals surface area contributed by atoms with Gasteiger partial charge in [0.2, 0.25) is 5.78 Å². The second kappa shape index (κ2) is 7.25. The van der Waals surface area contributed by atoms with Crippen molar-refractivity contribution in [1.29, 1.82) is 0 Å². The van der Waals surface area contributed by atoms with Crippen LogP contribution in [0.2, 0.25) is 0 Å². The minimum Gasteiger partial charge on any atom is -0.488 e. The summed E-state index contributed by atoms with van der Waals surface area (Å²) in [5.41, 5.74) is 3.55. The first-order chi connectivity index (χ1) is 13.2. The molecule has 0 saturated heterocycles. The van der Waals surface area contributed by atoms with Crippen molar-refractivity contribution < 1.29 is 14.3 Å². The lowest BCUT2D eigenvalue weighted by Crippen LogP contribution is -1.98. The monoisotopic (exact) mass is 374 g/mol. The fraction of sp³-hybridized carbons (Fsp3) is 0.0870. The molecule has 0 fully saturated rings. The Morgan fingerprint density at radius 2 is 1.96 bits per heavy atom. The summed E-state index contributed by atoms with van der Waals surface area (Å²) in [4.78, 5) is 13.6. The molecule has 0 aliphatic carbocycles. The van der Waals surface area contributed by atoms with E-state index in [9.17, 15) is 4.79 Å². The molecule has 4 rings (SSSR count). The second-order valence-electron chi connectivity index (χ2n) is 6.25. The van der Waals surface area contributed by atoms with Crippen molar-refractivity contribution in [2.75, 3.05) is 0 Å². The van der Waals surface area contributed by atoms with E-state index in [1.807, 2.05) is 60.8 Å². The molecule has 0 spiro atoms. The molecule has 0 N–H and O–H groups in total. The molecule has 1 aromatic heterocycles. The minimum absolute atomic E-state index is 0.0898. The number of allylic oxidation sites excluding steroid dienone is 1. The molecule has 3 aromatic rings. The van der Waals surface area contributed by atoms with Crippen LogP contribution in [0.4, 0.5) is 0 Å². The van der Waals surface area contributed by atoms with Crippen molar-refractivity contribution in [3.63, 3.8) is 0 Å². The van der Waals surface area contributed by atoms with Gasteiger partial charge in [-0.1, -0.05) is 43.0 Å². The number of hydrogen-bond donors (Lipinski definition) is 0. The summed E-state index contributed by atoms with van der Waals surface area (Å²) in [5.74, 6) is 1.56. The summed E-state index contributed by atoms with van der Waals surface area (Å²) in [6, 6.07) is 15.6. The molecule has 134 valence electrons. The van der Waals surface area contributed by atoms with Crippen molar-refractivity contribution >= 4 is 29.3 Å². The summed E-state index contributed by atoms with van der Waals surface area (Å²) >= 11 is 1.57. The van der Waals surface area contributed by atoms with E-state index >= 15 is 0 Å². The molecule has 0 atom stereocenters. The van der Waals surface area contributed by atoms with E-state index in [-0.39, 0.29) is 5.78 Å². The lowest BCUT2D eigenvalue weighted by atomic mass is 10.1. The Balaban J connectivity index is 1.54. The third-order valence-electron chi connectivity index (χ3n) is 4.46. The van der Waals surface area contributed by atoms with Crippen LogP contribution in [0.1, 0.15) is 31.9 Å². The van der Waals surface area contributed by atoms with Gasteiger partial charge in [-0.05, 0) is 41.6 Å². The highest BCUT2D eigenvalue weighted by atomic mass is 32.1. The highest BCUT2D eigenvalue weighted by molar-refractivity contribution is 7.10. The second-order valence-corrected chi connectivity index (χ2v) is 7.23. The van der Waals surface area contributed by atoms with Crippen molar-refractivity contribution in [2.24, 2.45) is 0 Å². The van der Waals surface area contributed by atoms with Gasteiger partial charge in [0.25, 0.3) is 0 Å². The third kappa shape index (κ3) is 3.44. The van der Waals surface area contributed by atoms with Crippen LogP contribution >= 0.6 is 11.3 Å². The Bertz CT molecular complexity index is 1030. The molecule has 0 bridgehead atoms. The highest BCUT2D eigenvalue weighted by Gasteiger charge is 2.30. The highest BCUT2D eigenvalue weighted by Crippen LogP contribution is 2.39. The largest absolute Gasteiger partial charge is 0.488 e.